The van der Waals surface area contributed by atoms with Crippen LogP contribution < -0.4 is 5.32 Å². The summed E-state index contributed by atoms with van der Waals surface area (Å²) >= 11 is 5.59. The van der Waals surface area contributed by atoms with Gasteiger partial charge in [-0.1, -0.05) is 23.7 Å². The molecule has 0 fully saturated rings. The molecule has 4 nitrogen and oxygen atoms in total. The molecule has 0 amide bonds. The Morgan fingerprint density at radius 3 is 2.70 bits per heavy atom. The number of nitro groups is 1. The molecule has 0 bridgehead atoms. The molecule has 0 saturated carbocycles. The van der Waals surface area contributed by atoms with Crippen LogP contribution in [0.25, 0.3) is 0 Å². The normalized spacial score (nSPS) is 10.3. The molecule has 0 aliphatic carbocycles. The highest BCUT2D eigenvalue weighted by atomic mass is 35.5. The SMILES string of the molecule is Cc1ccc(CNc2ccc(Cl)c(F)c2)cc1[N+](=O)[O-]. The highest BCUT2D eigenvalue weighted by Gasteiger charge is 2.10. The maximum atomic E-state index is 13.3. The van der Waals surface area contributed by atoms with Crippen molar-refractivity contribution in [1.82, 2.24) is 0 Å². The third-order valence-corrected chi connectivity index (χ3v) is 3.19. The van der Waals surface area contributed by atoms with Gasteiger partial charge in [-0.3, -0.25) is 10.1 Å². The van der Waals surface area contributed by atoms with Crippen LogP contribution in [0.5, 0.6) is 0 Å². The molecule has 1 N–H and O–H groups in total. The lowest BCUT2D eigenvalue weighted by Gasteiger charge is -2.08. The van der Waals surface area contributed by atoms with E-state index < -0.39 is 10.7 Å². The molecule has 0 unspecified atom stereocenters. The number of nitrogens with zero attached hydrogens (tertiary/aromatic N) is 1. The predicted molar refractivity (Wildman–Crippen MR) is 76.6 cm³/mol. The number of anilines is 1. The fraction of sp³-hybridized carbons (Fsp3) is 0.143. The van der Waals surface area contributed by atoms with Crippen LogP contribution in [-0.4, -0.2) is 4.92 Å². The zero-order valence-electron chi connectivity index (χ0n) is 10.7. The largest absolute Gasteiger partial charge is 0.381 e. The molecule has 2 aromatic carbocycles. The van der Waals surface area contributed by atoms with E-state index in [1.54, 1.807) is 25.1 Å². The van der Waals surface area contributed by atoms with Crippen LogP contribution in [0.2, 0.25) is 5.02 Å². The van der Waals surface area contributed by atoms with Crippen molar-refractivity contribution in [1.29, 1.82) is 0 Å². The number of hydrogen-bond acceptors (Lipinski definition) is 3. The number of nitrogens with one attached hydrogen (secondary N) is 1. The maximum Gasteiger partial charge on any atom is 0.272 e. The summed E-state index contributed by atoms with van der Waals surface area (Å²) in [7, 11) is 0. The minimum atomic E-state index is -0.508. The van der Waals surface area contributed by atoms with Gasteiger partial charge in [0.05, 0.1) is 9.95 Å². The molecular formula is C14H12ClFN2O2. The van der Waals surface area contributed by atoms with E-state index in [-0.39, 0.29) is 10.7 Å². The molecule has 0 aliphatic heterocycles. The Morgan fingerprint density at radius 1 is 1.30 bits per heavy atom. The van der Waals surface area contributed by atoms with Gasteiger partial charge in [0.15, 0.2) is 0 Å². The Bertz CT molecular complexity index is 662. The second-order valence-corrected chi connectivity index (χ2v) is 4.77. The molecule has 2 rings (SSSR count). The van der Waals surface area contributed by atoms with Gasteiger partial charge in [-0.05, 0) is 30.7 Å². The summed E-state index contributed by atoms with van der Waals surface area (Å²) in [5, 5.41) is 13.9. The molecule has 6 heteroatoms. The van der Waals surface area contributed by atoms with Crippen LogP contribution in [0, 0.1) is 22.9 Å². The molecule has 2 aromatic rings. The molecule has 0 aliphatic rings. The summed E-state index contributed by atoms with van der Waals surface area (Å²) in [6.07, 6.45) is 0. The van der Waals surface area contributed by atoms with Crippen molar-refractivity contribution in [3.63, 3.8) is 0 Å². The van der Waals surface area contributed by atoms with Gasteiger partial charge in [0, 0.05) is 23.9 Å². The van der Waals surface area contributed by atoms with Gasteiger partial charge < -0.3 is 5.32 Å². The van der Waals surface area contributed by atoms with Crippen LogP contribution in [0.3, 0.4) is 0 Å². The Kier molecular flexibility index (Phi) is 4.20. The number of aryl methyl sites for hydroxylation is 1. The second-order valence-electron chi connectivity index (χ2n) is 4.36. The molecule has 104 valence electrons. The fourth-order valence-electron chi connectivity index (χ4n) is 1.77. The Morgan fingerprint density at radius 2 is 2.05 bits per heavy atom. The maximum absolute atomic E-state index is 13.3. The van der Waals surface area contributed by atoms with Gasteiger partial charge in [-0.2, -0.15) is 0 Å². The molecule has 0 atom stereocenters. The smallest absolute Gasteiger partial charge is 0.272 e. The van der Waals surface area contributed by atoms with Gasteiger partial charge >= 0.3 is 0 Å². The van der Waals surface area contributed by atoms with Crippen molar-refractivity contribution in [2.45, 2.75) is 13.5 Å². The average Bonchev–Trinajstić information content (AvgIpc) is 2.41. The number of hydrogen-bond donors (Lipinski definition) is 1. The van der Waals surface area contributed by atoms with Crippen molar-refractivity contribution in [3.8, 4) is 0 Å². The quantitative estimate of drug-likeness (QED) is 0.675. The van der Waals surface area contributed by atoms with Gasteiger partial charge in [-0.15, -0.1) is 0 Å². The molecule has 0 saturated heterocycles. The molecule has 0 spiro atoms. The van der Waals surface area contributed by atoms with Gasteiger partial charge in [0.25, 0.3) is 5.69 Å². The molecule has 0 heterocycles. The predicted octanol–water partition coefficient (Wildman–Crippen LogP) is 4.31. The van der Waals surface area contributed by atoms with Crippen molar-refractivity contribution < 1.29 is 9.31 Å². The fourth-order valence-corrected chi connectivity index (χ4v) is 1.89. The summed E-state index contributed by atoms with van der Waals surface area (Å²) in [5.74, 6) is -0.508. The second kappa shape index (κ2) is 5.88. The monoisotopic (exact) mass is 294 g/mol. The van der Waals surface area contributed by atoms with Crippen molar-refractivity contribution in [3.05, 3.63) is 68.5 Å². The first-order chi connectivity index (χ1) is 9.47. The Hall–Kier alpha value is -2.14. The molecular weight excluding hydrogens is 283 g/mol. The lowest BCUT2D eigenvalue weighted by molar-refractivity contribution is -0.385. The van der Waals surface area contributed by atoms with Crippen LogP contribution in [0.1, 0.15) is 11.1 Å². The van der Waals surface area contributed by atoms with E-state index in [1.807, 2.05) is 0 Å². The molecule has 0 aromatic heterocycles. The minimum Gasteiger partial charge on any atom is -0.381 e. The highest BCUT2D eigenvalue weighted by Crippen LogP contribution is 2.22. The lowest BCUT2D eigenvalue weighted by Crippen LogP contribution is -2.01. The number of halogens is 2. The Labute approximate surface area is 120 Å². The number of benzene rings is 2. The van der Waals surface area contributed by atoms with Crippen molar-refractivity contribution in [2.75, 3.05) is 5.32 Å². The first-order valence-corrected chi connectivity index (χ1v) is 6.28. The van der Waals surface area contributed by atoms with Crippen LogP contribution in [0.15, 0.2) is 36.4 Å². The van der Waals surface area contributed by atoms with E-state index in [0.29, 0.717) is 17.8 Å². The van der Waals surface area contributed by atoms with Gasteiger partial charge in [0.2, 0.25) is 0 Å². The third kappa shape index (κ3) is 3.24. The van der Waals surface area contributed by atoms with Crippen LogP contribution in [-0.2, 0) is 6.54 Å². The van der Waals surface area contributed by atoms with E-state index in [4.69, 9.17) is 11.6 Å². The summed E-state index contributed by atoms with van der Waals surface area (Å²) in [6, 6.07) is 9.38. The van der Waals surface area contributed by atoms with Gasteiger partial charge in [-0.25, -0.2) is 4.39 Å². The van der Waals surface area contributed by atoms with E-state index in [0.717, 1.165) is 5.56 Å². The topological polar surface area (TPSA) is 55.2 Å². The number of nitro benzene ring substituents is 1. The Balaban J connectivity index is 2.12. The summed E-state index contributed by atoms with van der Waals surface area (Å²) in [6.45, 7) is 2.05. The summed E-state index contributed by atoms with van der Waals surface area (Å²) < 4.78 is 13.3. The van der Waals surface area contributed by atoms with Crippen LogP contribution in [0.4, 0.5) is 15.8 Å². The van der Waals surface area contributed by atoms with Crippen molar-refractivity contribution in [2.24, 2.45) is 0 Å². The molecule has 20 heavy (non-hydrogen) atoms. The zero-order valence-corrected chi connectivity index (χ0v) is 11.4. The van der Waals surface area contributed by atoms with E-state index >= 15 is 0 Å². The third-order valence-electron chi connectivity index (χ3n) is 2.89. The average molecular weight is 295 g/mol. The standard InChI is InChI=1S/C14H12ClFN2O2/c1-9-2-3-10(6-14(9)18(19)20)8-17-11-4-5-12(15)13(16)7-11/h2-7,17H,8H2,1H3. The number of rotatable bonds is 4. The van der Waals surface area contributed by atoms with E-state index in [9.17, 15) is 14.5 Å². The minimum absolute atomic E-state index is 0.0570. The van der Waals surface area contributed by atoms with E-state index in [1.165, 1.54) is 18.2 Å². The zero-order chi connectivity index (χ0) is 14.7. The molecule has 0 radical (unpaired) electrons. The first-order valence-electron chi connectivity index (χ1n) is 5.90. The lowest BCUT2D eigenvalue weighted by atomic mass is 10.1. The summed E-state index contributed by atoms with van der Waals surface area (Å²) in [5.41, 5.74) is 2.00. The summed E-state index contributed by atoms with van der Waals surface area (Å²) in [4.78, 5) is 10.4. The van der Waals surface area contributed by atoms with Crippen LogP contribution >= 0.6 is 11.6 Å². The van der Waals surface area contributed by atoms with E-state index in [2.05, 4.69) is 5.32 Å². The van der Waals surface area contributed by atoms with Crippen molar-refractivity contribution >= 4 is 23.0 Å². The van der Waals surface area contributed by atoms with Gasteiger partial charge in [0.1, 0.15) is 5.82 Å². The highest BCUT2D eigenvalue weighted by molar-refractivity contribution is 6.30. The first kappa shape index (κ1) is 14.3.